The molecule has 88 valence electrons. The molecule has 0 saturated carbocycles. The first-order chi connectivity index (χ1) is 8.20. The Morgan fingerprint density at radius 3 is 2.88 bits per heavy atom. The number of aliphatic hydroxyl groups excluding tert-OH is 1. The molecular weight excluding hydrogens is 220 g/mol. The van der Waals surface area contributed by atoms with Crippen LogP contribution in [0.15, 0.2) is 30.5 Å². The predicted octanol–water partition coefficient (Wildman–Crippen LogP) is 0.560. The Morgan fingerprint density at radius 1 is 1.47 bits per heavy atom. The van der Waals surface area contributed by atoms with Crippen LogP contribution >= 0.6 is 0 Å². The van der Waals surface area contributed by atoms with E-state index in [1.54, 1.807) is 31.3 Å². The highest BCUT2D eigenvalue weighted by atomic mass is 16.3. The molecule has 1 heterocycles. The third kappa shape index (κ3) is 2.48. The van der Waals surface area contributed by atoms with Crippen molar-refractivity contribution >= 4 is 11.6 Å². The Labute approximate surface area is 97.9 Å². The van der Waals surface area contributed by atoms with Gasteiger partial charge in [0.05, 0.1) is 12.8 Å². The number of rotatable bonds is 3. The molecule has 2 N–H and O–H groups in total. The second kappa shape index (κ2) is 4.75. The quantitative estimate of drug-likeness (QED) is 0.810. The number of aryl methyl sites for hydroxylation is 1. The summed E-state index contributed by atoms with van der Waals surface area (Å²) in [6, 6.07) is 7.04. The number of aromatic nitrogens is 3. The number of amides is 1. The summed E-state index contributed by atoms with van der Waals surface area (Å²) >= 11 is 0. The van der Waals surface area contributed by atoms with Crippen molar-refractivity contribution in [1.82, 2.24) is 15.0 Å². The standard InChI is InChI=1S/C11H12N4O2/c1-15-6-10(13-14-15)11(17)12-9-5-3-2-4-8(9)7-16/h2-6,16H,7H2,1H3,(H,12,17). The van der Waals surface area contributed by atoms with Gasteiger partial charge < -0.3 is 10.4 Å². The van der Waals surface area contributed by atoms with Gasteiger partial charge in [-0.15, -0.1) is 5.10 Å². The van der Waals surface area contributed by atoms with Gasteiger partial charge in [-0.05, 0) is 6.07 Å². The molecule has 0 aliphatic heterocycles. The molecule has 1 aromatic carbocycles. The van der Waals surface area contributed by atoms with E-state index in [0.717, 1.165) is 0 Å². The van der Waals surface area contributed by atoms with Gasteiger partial charge in [-0.3, -0.25) is 9.48 Å². The Bertz CT molecular complexity index is 536. The van der Waals surface area contributed by atoms with Gasteiger partial charge in [0.1, 0.15) is 0 Å². The molecule has 0 unspecified atom stereocenters. The third-order valence-electron chi connectivity index (χ3n) is 2.27. The first-order valence-corrected chi connectivity index (χ1v) is 5.07. The van der Waals surface area contributed by atoms with Crippen molar-refractivity contribution in [1.29, 1.82) is 0 Å². The van der Waals surface area contributed by atoms with E-state index in [-0.39, 0.29) is 18.2 Å². The summed E-state index contributed by atoms with van der Waals surface area (Å²) in [7, 11) is 1.69. The number of nitrogens with one attached hydrogen (secondary N) is 1. The van der Waals surface area contributed by atoms with Gasteiger partial charge in [-0.1, -0.05) is 23.4 Å². The van der Waals surface area contributed by atoms with Crippen LogP contribution in [-0.2, 0) is 13.7 Å². The van der Waals surface area contributed by atoms with Crippen LogP contribution < -0.4 is 5.32 Å². The number of carbonyl (C=O) groups excluding carboxylic acids is 1. The van der Waals surface area contributed by atoms with Gasteiger partial charge in [-0.2, -0.15) is 0 Å². The molecule has 6 heteroatoms. The molecule has 1 aromatic heterocycles. The number of aliphatic hydroxyl groups is 1. The molecule has 0 radical (unpaired) electrons. The molecule has 2 rings (SSSR count). The van der Waals surface area contributed by atoms with Gasteiger partial charge in [0.25, 0.3) is 5.91 Å². The highest BCUT2D eigenvalue weighted by Crippen LogP contribution is 2.15. The van der Waals surface area contributed by atoms with Crippen LogP contribution in [0, 0.1) is 0 Å². The monoisotopic (exact) mass is 232 g/mol. The fourth-order valence-electron chi connectivity index (χ4n) is 1.42. The van der Waals surface area contributed by atoms with E-state index in [0.29, 0.717) is 11.3 Å². The van der Waals surface area contributed by atoms with Gasteiger partial charge in [0, 0.05) is 18.3 Å². The van der Waals surface area contributed by atoms with E-state index in [9.17, 15) is 4.79 Å². The van der Waals surface area contributed by atoms with E-state index >= 15 is 0 Å². The molecule has 0 saturated heterocycles. The van der Waals surface area contributed by atoms with E-state index in [2.05, 4.69) is 15.6 Å². The minimum absolute atomic E-state index is 0.128. The van der Waals surface area contributed by atoms with Gasteiger partial charge in [0.2, 0.25) is 0 Å². The molecule has 0 atom stereocenters. The fourth-order valence-corrected chi connectivity index (χ4v) is 1.42. The van der Waals surface area contributed by atoms with Crippen LogP contribution in [-0.4, -0.2) is 26.0 Å². The van der Waals surface area contributed by atoms with E-state index in [1.807, 2.05) is 0 Å². The lowest BCUT2D eigenvalue weighted by Gasteiger charge is -2.07. The van der Waals surface area contributed by atoms with Crippen LogP contribution in [0.5, 0.6) is 0 Å². The molecule has 0 aliphatic rings. The second-order valence-corrected chi connectivity index (χ2v) is 3.55. The van der Waals surface area contributed by atoms with Crippen LogP contribution in [0.3, 0.4) is 0 Å². The first-order valence-electron chi connectivity index (χ1n) is 5.07. The lowest BCUT2D eigenvalue weighted by Crippen LogP contribution is -2.13. The van der Waals surface area contributed by atoms with Crippen molar-refractivity contribution in [2.24, 2.45) is 7.05 Å². The van der Waals surface area contributed by atoms with Crippen molar-refractivity contribution in [3.05, 3.63) is 41.7 Å². The molecular formula is C11H12N4O2. The number of carbonyl (C=O) groups is 1. The maximum Gasteiger partial charge on any atom is 0.277 e. The summed E-state index contributed by atoms with van der Waals surface area (Å²) in [6.07, 6.45) is 1.52. The lowest BCUT2D eigenvalue weighted by molar-refractivity contribution is 0.102. The molecule has 0 fully saturated rings. The molecule has 2 aromatic rings. The van der Waals surface area contributed by atoms with Gasteiger partial charge in [0.15, 0.2) is 5.69 Å². The predicted molar refractivity (Wildman–Crippen MR) is 61.3 cm³/mol. The highest BCUT2D eigenvalue weighted by Gasteiger charge is 2.11. The van der Waals surface area contributed by atoms with Crippen LogP contribution in [0.4, 0.5) is 5.69 Å². The molecule has 1 amide bonds. The summed E-state index contributed by atoms with van der Waals surface area (Å²) in [6.45, 7) is -0.128. The summed E-state index contributed by atoms with van der Waals surface area (Å²) in [4.78, 5) is 11.8. The van der Waals surface area contributed by atoms with Crippen LogP contribution in [0.2, 0.25) is 0 Å². The van der Waals surface area contributed by atoms with Crippen molar-refractivity contribution in [3.63, 3.8) is 0 Å². The molecule has 6 nitrogen and oxygen atoms in total. The van der Waals surface area contributed by atoms with E-state index in [4.69, 9.17) is 5.11 Å². The summed E-state index contributed by atoms with van der Waals surface area (Å²) in [5, 5.41) is 19.2. The highest BCUT2D eigenvalue weighted by molar-refractivity contribution is 6.03. The average Bonchev–Trinajstić information content (AvgIpc) is 2.77. The number of nitrogens with zero attached hydrogens (tertiary/aromatic N) is 3. The van der Waals surface area contributed by atoms with Crippen LogP contribution in [0.1, 0.15) is 16.1 Å². The number of hydrogen-bond donors (Lipinski definition) is 2. The average molecular weight is 232 g/mol. The molecule has 17 heavy (non-hydrogen) atoms. The Morgan fingerprint density at radius 2 is 2.24 bits per heavy atom. The minimum Gasteiger partial charge on any atom is -0.392 e. The minimum atomic E-state index is -0.348. The lowest BCUT2D eigenvalue weighted by atomic mass is 10.2. The zero-order chi connectivity index (χ0) is 12.3. The smallest absolute Gasteiger partial charge is 0.277 e. The zero-order valence-corrected chi connectivity index (χ0v) is 9.29. The number of hydrogen-bond acceptors (Lipinski definition) is 4. The molecule has 0 aliphatic carbocycles. The first kappa shape index (κ1) is 11.3. The maximum atomic E-state index is 11.8. The molecule has 0 spiro atoms. The molecule has 0 bridgehead atoms. The van der Waals surface area contributed by atoms with Crippen molar-refractivity contribution < 1.29 is 9.90 Å². The van der Waals surface area contributed by atoms with E-state index < -0.39 is 0 Å². The summed E-state index contributed by atoms with van der Waals surface area (Å²) in [5.41, 5.74) is 1.47. The van der Waals surface area contributed by atoms with Crippen molar-refractivity contribution in [2.45, 2.75) is 6.61 Å². The van der Waals surface area contributed by atoms with Gasteiger partial charge >= 0.3 is 0 Å². The Hall–Kier alpha value is -2.21. The van der Waals surface area contributed by atoms with Gasteiger partial charge in [-0.25, -0.2) is 0 Å². The van der Waals surface area contributed by atoms with E-state index in [1.165, 1.54) is 10.9 Å². The summed E-state index contributed by atoms with van der Waals surface area (Å²) < 4.78 is 1.45. The topological polar surface area (TPSA) is 80.0 Å². The third-order valence-corrected chi connectivity index (χ3v) is 2.27. The summed E-state index contributed by atoms with van der Waals surface area (Å²) in [5.74, 6) is -0.348. The van der Waals surface area contributed by atoms with Crippen LogP contribution in [0.25, 0.3) is 0 Å². The largest absolute Gasteiger partial charge is 0.392 e. The fraction of sp³-hybridized carbons (Fsp3) is 0.182. The Kier molecular flexibility index (Phi) is 3.15. The number of anilines is 1. The second-order valence-electron chi connectivity index (χ2n) is 3.55. The van der Waals surface area contributed by atoms with Crippen molar-refractivity contribution in [2.75, 3.05) is 5.32 Å². The SMILES string of the molecule is Cn1cc(C(=O)Nc2ccccc2CO)nn1. The number of benzene rings is 1. The zero-order valence-electron chi connectivity index (χ0n) is 9.29. The maximum absolute atomic E-state index is 11.8. The normalized spacial score (nSPS) is 10.2. The van der Waals surface area contributed by atoms with Crippen molar-refractivity contribution in [3.8, 4) is 0 Å². The number of para-hydroxylation sites is 1. The Balaban J connectivity index is 2.18.